The Balaban J connectivity index is 1.81. The first-order valence-corrected chi connectivity index (χ1v) is 5.99. The molecule has 0 bridgehead atoms. The van der Waals surface area contributed by atoms with Gasteiger partial charge in [-0.15, -0.1) is 0 Å². The SMILES string of the molecule is CC(NC(=O)NC1CCCO1)c1ccccc1. The van der Waals surface area contributed by atoms with Crippen LogP contribution in [0.3, 0.4) is 0 Å². The highest BCUT2D eigenvalue weighted by molar-refractivity contribution is 5.74. The van der Waals surface area contributed by atoms with Crippen molar-refractivity contribution in [2.24, 2.45) is 0 Å². The maximum Gasteiger partial charge on any atom is 0.317 e. The van der Waals surface area contributed by atoms with E-state index in [0.717, 1.165) is 25.0 Å². The number of hydrogen-bond donors (Lipinski definition) is 2. The summed E-state index contributed by atoms with van der Waals surface area (Å²) in [5.74, 6) is 0. The van der Waals surface area contributed by atoms with E-state index in [-0.39, 0.29) is 18.3 Å². The zero-order chi connectivity index (χ0) is 12.1. The first-order valence-electron chi connectivity index (χ1n) is 5.99. The van der Waals surface area contributed by atoms with Crippen molar-refractivity contribution in [3.63, 3.8) is 0 Å². The van der Waals surface area contributed by atoms with E-state index in [1.807, 2.05) is 37.3 Å². The highest BCUT2D eigenvalue weighted by atomic mass is 16.5. The van der Waals surface area contributed by atoms with Gasteiger partial charge in [-0.2, -0.15) is 0 Å². The number of nitrogens with one attached hydrogen (secondary N) is 2. The van der Waals surface area contributed by atoms with Crippen LogP contribution in [0, 0.1) is 0 Å². The van der Waals surface area contributed by atoms with E-state index >= 15 is 0 Å². The summed E-state index contributed by atoms with van der Waals surface area (Å²) in [6, 6.07) is 9.71. The number of ether oxygens (including phenoxy) is 1. The van der Waals surface area contributed by atoms with Crippen molar-refractivity contribution in [3.8, 4) is 0 Å². The summed E-state index contributed by atoms with van der Waals surface area (Å²) in [5, 5.41) is 5.70. The van der Waals surface area contributed by atoms with Crippen LogP contribution in [0.4, 0.5) is 4.79 Å². The van der Waals surface area contributed by atoms with Crippen molar-refractivity contribution >= 4 is 6.03 Å². The first kappa shape index (κ1) is 11.9. The number of hydrogen-bond acceptors (Lipinski definition) is 2. The monoisotopic (exact) mass is 234 g/mol. The van der Waals surface area contributed by atoms with Crippen LogP contribution in [0.2, 0.25) is 0 Å². The number of carbonyl (C=O) groups is 1. The molecule has 0 aliphatic carbocycles. The minimum absolute atomic E-state index is 0.00222. The van der Waals surface area contributed by atoms with Gasteiger partial charge in [0.05, 0.1) is 6.04 Å². The minimum atomic E-state index is -0.173. The quantitative estimate of drug-likeness (QED) is 0.842. The fourth-order valence-corrected chi connectivity index (χ4v) is 1.90. The molecule has 1 aromatic carbocycles. The minimum Gasteiger partial charge on any atom is -0.358 e. The van der Waals surface area contributed by atoms with Crippen molar-refractivity contribution < 1.29 is 9.53 Å². The van der Waals surface area contributed by atoms with Gasteiger partial charge >= 0.3 is 6.03 Å². The topological polar surface area (TPSA) is 50.4 Å². The maximum atomic E-state index is 11.7. The van der Waals surface area contributed by atoms with Crippen LogP contribution in [0.5, 0.6) is 0 Å². The fourth-order valence-electron chi connectivity index (χ4n) is 1.90. The Morgan fingerprint density at radius 1 is 1.41 bits per heavy atom. The summed E-state index contributed by atoms with van der Waals surface area (Å²) in [4.78, 5) is 11.7. The van der Waals surface area contributed by atoms with Gasteiger partial charge in [0.1, 0.15) is 6.23 Å². The molecule has 2 atom stereocenters. The first-order chi connectivity index (χ1) is 8.25. The van der Waals surface area contributed by atoms with Gasteiger partial charge in [-0.05, 0) is 25.3 Å². The maximum absolute atomic E-state index is 11.7. The molecule has 17 heavy (non-hydrogen) atoms. The molecule has 2 unspecified atom stereocenters. The lowest BCUT2D eigenvalue weighted by Crippen LogP contribution is -2.42. The van der Waals surface area contributed by atoms with Crippen LogP contribution in [0.15, 0.2) is 30.3 Å². The molecule has 1 aromatic rings. The average Bonchev–Trinajstić information content (AvgIpc) is 2.82. The fraction of sp³-hybridized carbons (Fsp3) is 0.462. The lowest BCUT2D eigenvalue weighted by Gasteiger charge is -2.17. The Morgan fingerprint density at radius 3 is 2.82 bits per heavy atom. The molecule has 2 rings (SSSR count). The van der Waals surface area contributed by atoms with Crippen LogP contribution in [0.1, 0.15) is 31.4 Å². The summed E-state index contributed by atoms with van der Waals surface area (Å²) in [6.07, 6.45) is 1.78. The third-order valence-electron chi connectivity index (χ3n) is 2.87. The molecule has 2 N–H and O–H groups in total. The van der Waals surface area contributed by atoms with Crippen molar-refractivity contribution in [3.05, 3.63) is 35.9 Å². The summed E-state index contributed by atoms with van der Waals surface area (Å²) < 4.78 is 5.34. The molecule has 1 saturated heterocycles. The molecule has 4 heteroatoms. The predicted octanol–water partition coefficient (Wildman–Crippen LogP) is 2.18. The van der Waals surface area contributed by atoms with Gasteiger partial charge in [-0.25, -0.2) is 4.79 Å². The van der Waals surface area contributed by atoms with Gasteiger partial charge < -0.3 is 15.4 Å². The van der Waals surface area contributed by atoms with Crippen LogP contribution in [0.25, 0.3) is 0 Å². The van der Waals surface area contributed by atoms with E-state index < -0.39 is 0 Å². The second-order valence-electron chi connectivity index (χ2n) is 4.25. The van der Waals surface area contributed by atoms with Crippen LogP contribution in [-0.2, 0) is 4.74 Å². The van der Waals surface area contributed by atoms with Crippen molar-refractivity contribution in [1.82, 2.24) is 10.6 Å². The Labute approximate surface area is 101 Å². The molecular weight excluding hydrogens is 216 g/mol. The largest absolute Gasteiger partial charge is 0.358 e. The van der Waals surface area contributed by atoms with Gasteiger partial charge in [0.25, 0.3) is 0 Å². The molecule has 1 aliphatic rings. The second-order valence-corrected chi connectivity index (χ2v) is 4.25. The number of carbonyl (C=O) groups excluding carboxylic acids is 1. The number of amides is 2. The normalized spacial score (nSPS) is 20.9. The van der Waals surface area contributed by atoms with E-state index in [1.165, 1.54) is 0 Å². The predicted molar refractivity (Wildman–Crippen MR) is 65.5 cm³/mol. The van der Waals surface area contributed by atoms with Gasteiger partial charge in [0, 0.05) is 6.61 Å². The van der Waals surface area contributed by atoms with Gasteiger partial charge in [-0.3, -0.25) is 0 Å². The average molecular weight is 234 g/mol. The molecule has 92 valence electrons. The van der Waals surface area contributed by atoms with Crippen LogP contribution in [-0.4, -0.2) is 18.9 Å². The number of rotatable bonds is 3. The zero-order valence-electron chi connectivity index (χ0n) is 9.98. The van der Waals surface area contributed by atoms with Gasteiger partial charge in [0.2, 0.25) is 0 Å². The summed E-state index contributed by atoms with van der Waals surface area (Å²) in [5.41, 5.74) is 1.09. The smallest absolute Gasteiger partial charge is 0.317 e. The van der Waals surface area contributed by atoms with Crippen LogP contribution < -0.4 is 10.6 Å². The molecule has 2 amide bonds. The third-order valence-corrected chi connectivity index (χ3v) is 2.87. The molecule has 0 radical (unpaired) electrons. The number of urea groups is 1. The molecule has 0 spiro atoms. The summed E-state index contributed by atoms with van der Waals surface area (Å²) in [7, 11) is 0. The Morgan fingerprint density at radius 2 is 2.18 bits per heavy atom. The Hall–Kier alpha value is -1.55. The zero-order valence-corrected chi connectivity index (χ0v) is 9.98. The van der Waals surface area contributed by atoms with Crippen molar-refractivity contribution in [2.75, 3.05) is 6.61 Å². The molecule has 0 saturated carbocycles. The Kier molecular flexibility index (Phi) is 3.98. The standard InChI is InChI=1S/C13H18N2O2/c1-10(11-6-3-2-4-7-11)14-13(16)15-12-8-5-9-17-12/h2-4,6-7,10,12H,5,8-9H2,1H3,(H2,14,15,16). The summed E-state index contributed by atoms with van der Waals surface area (Å²) in [6.45, 7) is 2.70. The van der Waals surface area contributed by atoms with Crippen molar-refractivity contribution in [1.29, 1.82) is 0 Å². The van der Waals surface area contributed by atoms with Crippen molar-refractivity contribution in [2.45, 2.75) is 32.0 Å². The molecule has 4 nitrogen and oxygen atoms in total. The van der Waals surface area contributed by atoms with Gasteiger partial charge in [0.15, 0.2) is 0 Å². The van der Waals surface area contributed by atoms with Gasteiger partial charge in [-0.1, -0.05) is 30.3 Å². The molecule has 1 aliphatic heterocycles. The molecule has 1 fully saturated rings. The van der Waals surface area contributed by atoms with E-state index in [1.54, 1.807) is 0 Å². The molecular formula is C13H18N2O2. The van der Waals surface area contributed by atoms with E-state index in [2.05, 4.69) is 10.6 Å². The second kappa shape index (κ2) is 5.68. The lowest BCUT2D eigenvalue weighted by atomic mass is 10.1. The molecule has 0 aromatic heterocycles. The lowest BCUT2D eigenvalue weighted by molar-refractivity contribution is 0.0903. The Bertz CT molecular complexity index is 361. The summed E-state index contributed by atoms with van der Waals surface area (Å²) >= 11 is 0. The van der Waals surface area contributed by atoms with E-state index in [4.69, 9.17) is 4.74 Å². The third kappa shape index (κ3) is 3.46. The highest BCUT2D eigenvalue weighted by Gasteiger charge is 2.18. The van der Waals surface area contributed by atoms with E-state index in [9.17, 15) is 4.79 Å². The van der Waals surface area contributed by atoms with Crippen LogP contribution >= 0.6 is 0 Å². The highest BCUT2D eigenvalue weighted by Crippen LogP contribution is 2.12. The van der Waals surface area contributed by atoms with E-state index in [0.29, 0.717) is 0 Å². The number of benzene rings is 1. The molecule has 1 heterocycles.